The molecule has 31 heavy (non-hydrogen) atoms. The first-order chi connectivity index (χ1) is 15.1. The Labute approximate surface area is 180 Å². The number of carbonyl (C=O) groups is 1. The van der Waals surface area contributed by atoms with Gasteiger partial charge >= 0.3 is 0 Å². The fraction of sp³-hybridized carbons (Fsp3) is 0.250. The second-order valence-electron chi connectivity index (χ2n) is 7.49. The van der Waals surface area contributed by atoms with Gasteiger partial charge in [0.15, 0.2) is 5.82 Å². The number of hydrogen-bond acceptors (Lipinski definition) is 5. The number of carbonyl (C=O) groups excluding carboxylic acids is 1. The lowest BCUT2D eigenvalue weighted by atomic mass is 10.0. The maximum atomic E-state index is 13.1. The molecule has 1 unspecified atom stereocenters. The number of benzene rings is 1. The maximum absolute atomic E-state index is 13.1. The average Bonchev–Trinajstić information content (AvgIpc) is 3.29. The van der Waals surface area contributed by atoms with E-state index in [1.165, 1.54) is 6.07 Å². The Hall–Kier alpha value is -3.74. The number of aromatic nitrogens is 3. The van der Waals surface area contributed by atoms with Crippen LogP contribution in [0.1, 0.15) is 34.0 Å². The first-order valence-corrected chi connectivity index (χ1v) is 10.2. The van der Waals surface area contributed by atoms with Crippen LogP contribution in [0.4, 0.5) is 0 Å². The number of nitrogens with one attached hydrogen (secondary N) is 1. The zero-order chi connectivity index (χ0) is 21.8. The van der Waals surface area contributed by atoms with Gasteiger partial charge in [-0.15, -0.1) is 6.58 Å². The van der Waals surface area contributed by atoms with Crippen molar-refractivity contribution in [1.29, 1.82) is 0 Å². The number of hydrogen-bond donors (Lipinski definition) is 1. The third kappa shape index (κ3) is 4.40. The number of amides is 1. The Morgan fingerprint density at radius 1 is 1.32 bits per heavy atom. The molecule has 1 atom stereocenters. The minimum Gasteiger partial charge on any atom is -0.496 e. The maximum Gasteiger partial charge on any atom is 0.253 e. The van der Waals surface area contributed by atoms with Gasteiger partial charge in [-0.2, -0.15) is 0 Å². The fourth-order valence-corrected chi connectivity index (χ4v) is 3.91. The van der Waals surface area contributed by atoms with Gasteiger partial charge in [-0.05, 0) is 48.7 Å². The number of allylic oxidation sites excluding steroid dienone is 1. The third-order valence-corrected chi connectivity index (χ3v) is 5.45. The summed E-state index contributed by atoms with van der Waals surface area (Å²) in [5.41, 5.74) is 2.61. The van der Waals surface area contributed by atoms with Gasteiger partial charge in [-0.25, -0.2) is 4.98 Å². The highest BCUT2D eigenvalue weighted by Gasteiger charge is 2.29. The van der Waals surface area contributed by atoms with Crippen molar-refractivity contribution in [2.45, 2.75) is 18.8 Å². The van der Waals surface area contributed by atoms with E-state index >= 15 is 0 Å². The number of pyridine rings is 1. The average molecular weight is 416 g/mol. The Bertz CT molecular complexity index is 1160. The minimum atomic E-state index is -0.223. The molecule has 0 saturated carbocycles. The molecule has 3 heterocycles. The summed E-state index contributed by atoms with van der Waals surface area (Å²) in [6.45, 7) is 4.90. The van der Waals surface area contributed by atoms with E-state index in [2.05, 4.69) is 21.5 Å². The summed E-state index contributed by atoms with van der Waals surface area (Å²) in [4.78, 5) is 38.8. The van der Waals surface area contributed by atoms with Crippen LogP contribution in [-0.4, -0.2) is 46.0 Å². The molecule has 0 bridgehead atoms. The van der Waals surface area contributed by atoms with Crippen LogP contribution in [0.5, 0.6) is 5.75 Å². The van der Waals surface area contributed by atoms with E-state index in [9.17, 15) is 9.59 Å². The number of ether oxygens (including phenoxy) is 1. The summed E-state index contributed by atoms with van der Waals surface area (Å²) in [6, 6.07) is 12.4. The van der Waals surface area contributed by atoms with E-state index in [0.29, 0.717) is 42.3 Å². The van der Waals surface area contributed by atoms with Gasteiger partial charge in [0, 0.05) is 36.8 Å². The molecule has 1 N–H and O–H groups in total. The van der Waals surface area contributed by atoms with Gasteiger partial charge in [-0.3, -0.25) is 14.6 Å². The highest BCUT2D eigenvalue weighted by Crippen LogP contribution is 2.28. The summed E-state index contributed by atoms with van der Waals surface area (Å²) < 4.78 is 5.37. The zero-order valence-electron chi connectivity index (χ0n) is 17.4. The standard InChI is InChI=1S/C24H24N4O3/c1-3-6-16-13-17(8-9-21(16)31-2)24(30)28-12-10-18(15-28)20-14-22(29)27-23(26-20)19-7-4-5-11-25-19/h3-5,7-9,11,13-14,18H,1,6,10,12,15H2,2H3,(H,26,27,29). The molecule has 7 heteroatoms. The predicted octanol–water partition coefficient (Wildman–Crippen LogP) is 3.20. The molecule has 158 valence electrons. The van der Waals surface area contributed by atoms with Crippen LogP contribution >= 0.6 is 0 Å². The SMILES string of the molecule is C=CCc1cc(C(=O)N2CCC(c3cc(=O)[nH]c(-c4ccccn4)n3)C2)ccc1OC. The van der Waals surface area contributed by atoms with E-state index in [1.807, 2.05) is 29.2 Å². The molecule has 0 spiro atoms. The number of methoxy groups -OCH3 is 1. The second-order valence-corrected chi connectivity index (χ2v) is 7.49. The molecule has 1 saturated heterocycles. The van der Waals surface area contributed by atoms with Crippen LogP contribution in [0.25, 0.3) is 11.5 Å². The molecular formula is C24H24N4O3. The minimum absolute atomic E-state index is 0.000365. The molecule has 1 aliphatic rings. The van der Waals surface area contributed by atoms with E-state index in [0.717, 1.165) is 17.7 Å². The Morgan fingerprint density at radius 3 is 2.94 bits per heavy atom. The van der Waals surface area contributed by atoms with Crippen molar-refractivity contribution in [3.8, 4) is 17.3 Å². The first-order valence-electron chi connectivity index (χ1n) is 10.2. The van der Waals surface area contributed by atoms with Gasteiger partial charge < -0.3 is 14.6 Å². The normalized spacial score (nSPS) is 15.6. The fourth-order valence-electron chi connectivity index (χ4n) is 3.91. The van der Waals surface area contributed by atoms with Crippen LogP contribution < -0.4 is 10.3 Å². The lowest BCUT2D eigenvalue weighted by Crippen LogP contribution is -2.28. The molecule has 1 aromatic carbocycles. The molecule has 3 aromatic rings. The van der Waals surface area contributed by atoms with Crippen LogP contribution in [0.3, 0.4) is 0 Å². The lowest BCUT2D eigenvalue weighted by molar-refractivity contribution is 0.0790. The molecular weight excluding hydrogens is 392 g/mol. The van der Waals surface area contributed by atoms with E-state index in [1.54, 1.807) is 31.5 Å². The van der Waals surface area contributed by atoms with Crippen LogP contribution in [0, 0.1) is 0 Å². The summed E-state index contributed by atoms with van der Waals surface area (Å²) in [6.07, 6.45) is 4.82. The van der Waals surface area contributed by atoms with Gasteiger partial charge in [-0.1, -0.05) is 12.1 Å². The summed E-state index contributed by atoms with van der Waals surface area (Å²) in [5.74, 6) is 1.15. The topological polar surface area (TPSA) is 88.2 Å². The van der Waals surface area contributed by atoms with Gasteiger partial charge in [0.1, 0.15) is 11.4 Å². The molecule has 0 aliphatic carbocycles. The molecule has 1 amide bonds. The molecule has 1 aliphatic heterocycles. The molecule has 2 aromatic heterocycles. The Kier molecular flexibility index (Phi) is 5.93. The Morgan fingerprint density at radius 2 is 2.19 bits per heavy atom. The highest BCUT2D eigenvalue weighted by atomic mass is 16.5. The molecule has 4 rings (SSSR count). The third-order valence-electron chi connectivity index (χ3n) is 5.45. The van der Waals surface area contributed by atoms with Crippen molar-refractivity contribution in [2.75, 3.05) is 20.2 Å². The number of H-pyrrole nitrogens is 1. The summed E-state index contributed by atoms with van der Waals surface area (Å²) in [5, 5.41) is 0. The summed E-state index contributed by atoms with van der Waals surface area (Å²) in [7, 11) is 1.61. The zero-order valence-corrected chi connectivity index (χ0v) is 17.4. The van der Waals surface area contributed by atoms with Gasteiger partial charge in [0.25, 0.3) is 11.5 Å². The quantitative estimate of drug-likeness (QED) is 0.624. The monoisotopic (exact) mass is 416 g/mol. The number of likely N-dealkylation sites (tertiary alicyclic amines) is 1. The number of rotatable bonds is 6. The lowest BCUT2D eigenvalue weighted by Gasteiger charge is -2.18. The van der Waals surface area contributed by atoms with Crippen LogP contribution in [0.15, 0.2) is 66.1 Å². The highest BCUT2D eigenvalue weighted by molar-refractivity contribution is 5.95. The van der Waals surface area contributed by atoms with Crippen molar-refractivity contribution in [3.05, 3.63) is 88.5 Å². The van der Waals surface area contributed by atoms with Crippen molar-refractivity contribution >= 4 is 5.91 Å². The molecule has 0 radical (unpaired) electrons. The first kappa shape index (κ1) is 20.5. The van der Waals surface area contributed by atoms with Crippen molar-refractivity contribution in [1.82, 2.24) is 19.9 Å². The van der Waals surface area contributed by atoms with Gasteiger partial charge in [0.2, 0.25) is 0 Å². The number of aromatic amines is 1. The number of nitrogens with zero attached hydrogens (tertiary/aromatic N) is 3. The Balaban J connectivity index is 1.54. The second kappa shape index (κ2) is 8.95. The molecule has 1 fully saturated rings. The van der Waals surface area contributed by atoms with Crippen LogP contribution in [0.2, 0.25) is 0 Å². The predicted molar refractivity (Wildman–Crippen MR) is 118 cm³/mol. The van der Waals surface area contributed by atoms with Crippen molar-refractivity contribution < 1.29 is 9.53 Å². The van der Waals surface area contributed by atoms with Gasteiger partial charge in [0.05, 0.1) is 12.8 Å². The largest absolute Gasteiger partial charge is 0.496 e. The summed E-state index contributed by atoms with van der Waals surface area (Å²) >= 11 is 0. The van der Waals surface area contributed by atoms with Crippen LogP contribution in [-0.2, 0) is 6.42 Å². The van der Waals surface area contributed by atoms with E-state index in [-0.39, 0.29) is 17.4 Å². The van der Waals surface area contributed by atoms with Crippen molar-refractivity contribution in [2.24, 2.45) is 0 Å². The van der Waals surface area contributed by atoms with Crippen molar-refractivity contribution in [3.63, 3.8) is 0 Å². The van der Waals surface area contributed by atoms with E-state index in [4.69, 9.17) is 4.74 Å². The van der Waals surface area contributed by atoms with E-state index < -0.39 is 0 Å². The smallest absolute Gasteiger partial charge is 0.253 e. The molecule has 7 nitrogen and oxygen atoms in total.